The predicted molar refractivity (Wildman–Crippen MR) is 92.3 cm³/mol. The van der Waals surface area contributed by atoms with Crippen LogP contribution in [-0.4, -0.2) is 34.1 Å². The van der Waals surface area contributed by atoms with E-state index >= 15 is 0 Å². The number of hydrogen-bond donors (Lipinski definition) is 2. The first-order valence-corrected chi connectivity index (χ1v) is 7.57. The standard InChI is InChI=1S/C17H15N5O4/c1-10-7-14(22-26-10)21-16(23)13-8-19-15(9-18-13)20-12-5-3-11(4-6-12)17(24)25-2/h3-9H,1-2H3,(H,19,20)(H,21,22,23). The van der Waals surface area contributed by atoms with Gasteiger partial charge in [-0.3, -0.25) is 4.79 Å². The van der Waals surface area contributed by atoms with E-state index in [2.05, 4.69) is 30.5 Å². The van der Waals surface area contributed by atoms with E-state index in [4.69, 9.17) is 4.52 Å². The molecule has 2 heterocycles. The van der Waals surface area contributed by atoms with E-state index in [0.29, 0.717) is 28.6 Å². The van der Waals surface area contributed by atoms with E-state index in [0.717, 1.165) is 0 Å². The molecule has 0 bridgehead atoms. The highest BCUT2D eigenvalue weighted by atomic mass is 16.5. The van der Waals surface area contributed by atoms with Gasteiger partial charge in [-0.25, -0.2) is 14.8 Å². The summed E-state index contributed by atoms with van der Waals surface area (Å²) in [6.45, 7) is 1.72. The molecule has 0 unspecified atom stereocenters. The zero-order valence-electron chi connectivity index (χ0n) is 14.0. The Morgan fingerprint density at radius 1 is 1.08 bits per heavy atom. The Hall–Kier alpha value is -3.75. The number of esters is 1. The van der Waals surface area contributed by atoms with Crippen molar-refractivity contribution in [1.29, 1.82) is 0 Å². The van der Waals surface area contributed by atoms with Crippen molar-refractivity contribution in [2.24, 2.45) is 0 Å². The number of carbonyl (C=O) groups is 2. The van der Waals surface area contributed by atoms with E-state index in [1.165, 1.54) is 19.5 Å². The summed E-state index contributed by atoms with van der Waals surface area (Å²) in [5.74, 6) is 0.491. The maximum Gasteiger partial charge on any atom is 0.337 e. The molecule has 26 heavy (non-hydrogen) atoms. The van der Waals surface area contributed by atoms with Crippen molar-refractivity contribution in [3.63, 3.8) is 0 Å². The first-order chi connectivity index (χ1) is 12.5. The van der Waals surface area contributed by atoms with Crippen LogP contribution in [0.15, 0.2) is 47.2 Å². The lowest BCUT2D eigenvalue weighted by Gasteiger charge is -2.07. The molecule has 132 valence electrons. The highest BCUT2D eigenvalue weighted by Crippen LogP contribution is 2.15. The average Bonchev–Trinajstić information content (AvgIpc) is 3.07. The Morgan fingerprint density at radius 2 is 1.85 bits per heavy atom. The molecule has 0 fully saturated rings. The third-order valence-corrected chi connectivity index (χ3v) is 3.33. The summed E-state index contributed by atoms with van der Waals surface area (Å²) >= 11 is 0. The van der Waals surface area contributed by atoms with Crippen molar-refractivity contribution < 1.29 is 18.8 Å². The van der Waals surface area contributed by atoms with Gasteiger partial charge in [-0.05, 0) is 31.2 Å². The number of rotatable bonds is 5. The van der Waals surface area contributed by atoms with Gasteiger partial charge >= 0.3 is 5.97 Å². The van der Waals surface area contributed by atoms with Crippen LogP contribution in [0.3, 0.4) is 0 Å². The summed E-state index contributed by atoms with van der Waals surface area (Å²) in [6, 6.07) is 8.27. The number of aromatic nitrogens is 3. The Bertz CT molecular complexity index is 919. The molecule has 2 aromatic heterocycles. The van der Waals surface area contributed by atoms with Crippen molar-refractivity contribution in [2.75, 3.05) is 17.7 Å². The van der Waals surface area contributed by atoms with Crippen LogP contribution in [-0.2, 0) is 4.74 Å². The first kappa shape index (κ1) is 17.1. The zero-order chi connectivity index (χ0) is 18.5. The van der Waals surface area contributed by atoms with Gasteiger partial charge in [0.15, 0.2) is 5.82 Å². The fourth-order valence-corrected chi connectivity index (χ4v) is 2.07. The highest BCUT2D eigenvalue weighted by Gasteiger charge is 2.11. The average molecular weight is 353 g/mol. The number of methoxy groups -OCH3 is 1. The molecule has 9 heteroatoms. The molecule has 1 aromatic carbocycles. The SMILES string of the molecule is COC(=O)c1ccc(Nc2cnc(C(=O)Nc3cc(C)on3)cn2)cc1. The molecular weight excluding hydrogens is 338 g/mol. The topological polar surface area (TPSA) is 119 Å². The summed E-state index contributed by atoms with van der Waals surface area (Å²) < 4.78 is 9.52. The lowest BCUT2D eigenvalue weighted by atomic mass is 10.2. The quantitative estimate of drug-likeness (QED) is 0.672. The summed E-state index contributed by atoms with van der Waals surface area (Å²) in [5, 5.41) is 9.26. The molecule has 2 N–H and O–H groups in total. The largest absolute Gasteiger partial charge is 0.465 e. The van der Waals surface area contributed by atoms with Crippen molar-refractivity contribution in [3.8, 4) is 0 Å². The van der Waals surface area contributed by atoms with Crippen LogP contribution < -0.4 is 10.6 Å². The minimum atomic E-state index is -0.445. The van der Waals surface area contributed by atoms with E-state index in [1.54, 1.807) is 37.3 Å². The van der Waals surface area contributed by atoms with E-state index in [9.17, 15) is 9.59 Å². The maximum atomic E-state index is 12.1. The van der Waals surface area contributed by atoms with Crippen LogP contribution in [0.2, 0.25) is 0 Å². The van der Waals surface area contributed by atoms with Gasteiger partial charge in [-0.15, -0.1) is 0 Å². The van der Waals surface area contributed by atoms with Crippen LogP contribution in [0.1, 0.15) is 26.6 Å². The van der Waals surface area contributed by atoms with Crippen molar-refractivity contribution >= 4 is 29.2 Å². The lowest BCUT2D eigenvalue weighted by Crippen LogP contribution is -2.14. The molecule has 0 saturated carbocycles. The summed E-state index contributed by atoms with van der Waals surface area (Å²) in [4.78, 5) is 31.7. The van der Waals surface area contributed by atoms with Gasteiger partial charge in [-0.1, -0.05) is 5.16 Å². The van der Waals surface area contributed by atoms with E-state index in [-0.39, 0.29) is 5.69 Å². The molecule has 3 rings (SSSR count). The van der Waals surface area contributed by atoms with Crippen LogP contribution in [0, 0.1) is 6.92 Å². The van der Waals surface area contributed by atoms with Gasteiger partial charge in [0.05, 0.1) is 25.1 Å². The minimum Gasteiger partial charge on any atom is -0.465 e. The number of benzene rings is 1. The van der Waals surface area contributed by atoms with Crippen molar-refractivity contribution in [2.45, 2.75) is 6.92 Å². The van der Waals surface area contributed by atoms with Crippen LogP contribution in [0.4, 0.5) is 17.3 Å². The molecule has 9 nitrogen and oxygen atoms in total. The molecule has 1 amide bonds. The Kier molecular flexibility index (Phi) is 4.88. The monoisotopic (exact) mass is 353 g/mol. The van der Waals surface area contributed by atoms with Gasteiger partial charge in [0.25, 0.3) is 5.91 Å². The highest BCUT2D eigenvalue weighted by molar-refractivity contribution is 6.02. The molecule has 0 atom stereocenters. The number of nitrogens with zero attached hydrogens (tertiary/aromatic N) is 3. The Morgan fingerprint density at radius 3 is 2.42 bits per heavy atom. The molecule has 0 saturated heterocycles. The third-order valence-electron chi connectivity index (χ3n) is 3.33. The fourth-order valence-electron chi connectivity index (χ4n) is 2.07. The second-order valence-electron chi connectivity index (χ2n) is 5.26. The second-order valence-corrected chi connectivity index (χ2v) is 5.26. The van der Waals surface area contributed by atoms with E-state index in [1.807, 2.05) is 0 Å². The van der Waals surface area contributed by atoms with Crippen LogP contribution >= 0.6 is 0 Å². The molecule has 0 spiro atoms. The number of ether oxygens (including phenoxy) is 1. The summed E-state index contributed by atoms with van der Waals surface area (Å²) in [7, 11) is 1.32. The normalized spacial score (nSPS) is 10.2. The fraction of sp³-hybridized carbons (Fsp3) is 0.118. The van der Waals surface area contributed by atoms with Gasteiger partial charge in [0.1, 0.15) is 17.3 Å². The lowest BCUT2D eigenvalue weighted by molar-refractivity contribution is 0.0600. The molecule has 0 aliphatic carbocycles. The predicted octanol–water partition coefficient (Wildman–Crippen LogP) is 2.56. The number of amides is 1. The molecule has 0 aliphatic rings. The van der Waals surface area contributed by atoms with E-state index < -0.39 is 11.9 Å². The smallest absolute Gasteiger partial charge is 0.337 e. The van der Waals surface area contributed by atoms with Gasteiger partial charge in [-0.2, -0.15) is 0 Å². The first-order valence-electron chi connectivity index (χ1n) is 7.57. The Balaban J connectivity index is 1.63. The van der Waals surface area contributed by atoms with Crippen LogP contribution in [0.5, 0.6) is 0 Å². The molecule has 3 aromatic rings. The van der Waals surface area contributed by atoms with Crippen molar-refractivity contribution in [3.05, 3.63) is 59.7 Å². The number of anilines is 3. The van der Waals surface area contributed by atoms with Crippen LogP contribution in [0.25, 0.3) is 0 Å². The maximum absolute atomic E-state index is 12.1. The zero-order valence-corrected chi connectivity index (χ0v) is 14.0. The molecule has 0 aliphatic heterocycles. The minimum absolute atomic E-state index is 0.136. The second kappa shape index (κ2) is 7.43. The molecule has 0 radical (unpaired) electrons. The Labute approximate surface area is 148 Å². The third kappa shape index (κ3) is 4.01. The number of aryl methyl sites for hydroxylation is 1. The summed E-state index contributed by atoms with van der Waals surface area (Å²) in [5.41, 5.74) is 1.29. The van der Waals surface area contributed by atoms with Gasteiger partial charge < -0.3 is 19.9 Å². The number of hydrogen-bond acceptors (Lipinski definition) is 8. The van der Waals surface area contributed by atoms with Crippen molar-refractivity contribution in [1.82, 2.24) is 15.1 Å². The summed E-state index contributed by atoms with van der Waals surface area (Å²) in [6.07, 6.45) is 2.77. The van der Waals surface area contributed by atoms with Gasteiger partial charge in [0, 0.05) is 11.8 Å². The number of nitrogens with one attached hydrogen (secondary N) is 2. The van der Waals surface area contributed by atoms with Gasteiger partial charge in [0.2, 0.25) is 0 Å². The number of carbonyl (C=O) groups excluding carboxylic acids is 2. The molecular formula is C17H15N5O4.